The summed E-state index contributed by atoms with van der Waals surface area (Å²) in [5.74, 6) is -2.75. The zero-order valence-corrected chi connectivity index (χ0v) is 9.17. The smallest absolute Gasteiger partial charge is 0.267 e. The number of rotatable bonds is 2. The summed E-state index contributed by atoms with van der Waals surface area (Å²) in [6.07, 6.45) is 0.458. The third-order valence-corrected chi connectivity index (χ3v) is 2.98. The first-order valence-corrected chi connectivity index (χ1v) is 5.36. The van der Waals surface area contributed by atoms with Gasteiger partial charge in [-0.3, -0.25) is 0 Å². The monoisotopic (exact) mass is 227 g/mol. The van der Waals surface area contributed by atoms with Crippen molar-refractivity contribution < 1.29 is 13.5 Å². The average molecular weight is 227 g/mol. The first-order valence-electron chi connectivity index (χ1n) is 5.36. The summed E-state index contributed by atoms with van der Waals surface area (Å²) in [6.45, 7) is 0.395. The maximum atomic E-state index is 13.7. The first-order chi connectivity index (χ1) is 7.63. The molecule has 0 bridgehead atoms. The van der Waals surface area contributed by atoms with Crippen molar-refractivity contribution in [2.24, 2.45) is 0 Å². The van der Waals surface area contributed by atoms with Crippen molar-refractivity contribution in [3.63, 3.8) is 0 Å². The molecular formula is C12H15F2NO. The molecule has 1 aromatic rings. The number of alkyl halides is 2. The van der Waals surface area contributed by atoms with E-state index in [9.17, 15) is 8.78 Å². The van der Waals surface area contributed by atoms with Crippen LogP contribution in [-0.4, -0.2) is 26.1 Å². The third kappa shape index (κ3) is 2.16. The molecule has 0 aromatic heterocycles. The van der Waals surface area contributed by atoms with Crippen LogP contribution in [0.5, 0.6) is 5.75 Å². The lowest BCUT2D eigenvalue weighted by Gasteiger charge is -2.32. The Morgan fingerprint density at radius 3 is 2.94 bits per heavy atom. The fraction of sp³-hybridized carbons (Fsp3) is 0.500. The molecule has 0 spiro atoms. The van der Waals surface area contributed by atoms with Crippen LogP contribution < -0.4 is 10.1 Å². The maximum Gasteiger partial charge on any atom is 0.267 e. The van der Waals surface area contributed by atoms with Gasteiger partial charge >= 0.3 is 0 Å². The minimum Gasteiger partial charge on any atom is -0.497 e. The fourth-order valence-electron chi connectivity index (χ4n) is 2.10. The molecule has 0 aliphatic carbocycles. The van der Waals surface area contributed by atoms with Gasteiger partial charge in [-0.1, -0.05) is 12.1 Å². The molecule has 0 amide bonds. The van der Waals surface area contributed by atoms with E-state index in [-0.39, 0.29) is 6.54 Å². The second-order valence-corrected chi connectivity index (χ2v) is 4.06. The molecule has 0 radical (unpaired) electrons. The molecule has 2 rings (SSSR count). The van der Waals surface area contributed by atoms with Crippen molar-refractivity contribution >= 4 is 0 Å². The van der Waals surface area contributed by atoms with Gasteiger partial charge in [-0.25, -0.2) is 8.78 Å². The van der Waals surface area contributed by atoms with E-state index in [1.165, 1.54) is 0 Å². The van der Waals surface area contributed by atoms with Crippen LogP contribution in [0, 0.1) is 0 Å². The van der Waals surface area contributed by atoms with Crippen LogP contribution in [0.3, 0.4) is 0 Å². The molecule has 1 aromatic carbocycles. The summed E-state index contributed by atoms with van der Waals surface area (Å²) >= 11 is 0. The number of nitrogens with one attached hydrogen (secondary N) is 1. The van der Waals surface area contributed by atoms with Gasteiger partial charge in [0.25, 0.3) is 5.92 Å². The van der Waals surface area contributed by atoms with Crippen LogP contribution in [0.15, 0.2) is 24.3 Å². The number of piperidine rings is 1. The molecule has 1 heterocycles. The number of hydrogen-bond acceptors (Lipinski definition) is 2. The number of hydrogen-bond donors (Lipinski definition) is 1. The largest absolute Gasteiger partial charge is 0.497 e. The average Bonchev–Trinajstić information content (AvgIpc) is 2.28. The molecule has 2 nitrogen and oxygen atoms in total. The van der Waals surface area contributed by atoms with Gasteiger partial charge in [0.2, 0.25) is 0 Å². The maximum absolute atomic E-state index is 13.7. The molecule has 1 saturated heterocycles. The molecule has 1 fully saturated rings. The van der Waals surface area contributed by atoms with E-state index in [1.54, 1.807) is 31.4 Å². The zero-order valence-electron chi connectivity index (χ0n) is 9.17. The SMILES string of the molecule is COc1cccc(C2CCNCC2(F)F)c1. The molecule has 1 aliphatic rings. The van der Waals surface area contributed by atoms with E-state index in [1.807, 2.05) is 0 Å². The summed E-state index contributed by atoms with van der Waals surface area (Å²) in [6, 6.07) is 6.96. The summed E-state index contributed by atoms with van der Waals surface area (Å²) < 4.78 is 32.4. The Bertz CT molecular complexity index is 368. The lowest BCUT2D eigenvalue weighted by molar-refractivity contribution is -0.0420. The molecule has 1 aliphatic heterocycles. The zero-order chi connectivity index (χ0) is 11.6. The Labute approximate surface area is 93.6 Å². The highest BCUT2D eigenvalue weighted by molar-refractivity contribution is 5.32. The summed E-state index contributed by atoms with van der Waals surface area (Å²) in [5, 5.41) is 2.72. The van der Waals surface area contributed by atoms with Crippen LogP contribution in [0.2, 0.25) is 0 Å². The second-order valence-electron chi connectivity index (χ2n) is 4.06. The van der Waals surface area contributed by atoms with Gasteiger partial charge in [-0.2, -0.15) is 0 Å². The molecule has 1 unspecified atom stereocenters. The lowest BCUT2D eigenvalue weighted by atomic mass is 9.87. The Morgan fingerprint density at radius 1 is 1.44 bits per heavy atom. The highest BCUT2D eigenvalue weighted by atomic mass is 19.3. The highest BCUT2D eigenvalue weighted by Crippen LogP contribution is 2.38. The van der Waals surface area contributed by atoms with Gasteiger partial charge in [0.05, 0.1) is 19.6 Å². The molecular weight excluding hydrogens is 212 g/mol. The molecule has 1 N–H and O–H groups in total. The van der Waals surface area contributed by atoms with Crippen LogP contribution in [0.25, 0.3) is 0 Å². The topological polar surface area (TPSA) is 21.3 Å². The number of ether oxygens (including phenoxy) is 1. The standard InChI is InChI=1S/C12H15F2NO/c1-16-10-4-2-3-9(7-10)11-5-6-15-8-12(11,13)14/h2-4,7,11,15H,5-6,8H2,1H3. The van der Waals surface area contributed by atoms with E-state index in [4.69, 9.17) is 4.74 Å². The van der Waals surface area contributed by atoms with Crippen LogP contribution in [-0.2, 0) is 0 Å². The highest BCUT2D eigenvalue weighted by Gasteiger charge is 2.42. The van der Waals surface area contributed by atoms with Crippen LogP contribution >= 0.6 is 0 Å². The van der Waals surface area contributed by atoms with E-state index < -0.39 is 11.8 Å². The first kappa shape index (κ1) is 11.3. The van der Waals surface area contributed by atoms with Crippen molar-refractivity contribution in [2.75, 3.05) is 20.2 Å². The van der Waals surface area contributed by atoms with Gasteiger partial charge in [-0.05, 0) is 30.7 Å². The Morgan fingerprint density at radius 2 is 2.25 bits per heavy atom. The molecule has 0 saturated carbocycles. The minimum atomic E-state index is -2.68. The second kappa shape index (κ2) is 4.37. The number of benzene rings is 1. The van der Waals surface area contributed by atoms with Gasteiger partial charge in [0.1, 0.15) is 5.75 Å². The Hall–Kier alpha value is -1.16. The molecule has 16 heavy (non-hydrogen) atoms. The van der Waals surface area contributed by atoms with Crippen molar-refractivity contribution in [1.82, 2.24) is 5.32 Å². The third-order valence-electron chi connectivity index (χ3n) is 2.98. The predicted molar refractivity (Wildman–Crippen MR) is 58.2 cm³/mol. The van der Waals surface area contributed by atoms with E-state index >= 15 is 0 Å². The van der Waals surface area contributed by atoms with Crippen molar-refractivity contribution in [3.8, 4) is 5.75 Å². The summed E-state index contributed by atoms with van der Waals surface area (Å²) in [4.78, 5) is 0. The Kier molecular flexibility index (Phi) is 3.10. The number of halogens is 2. The predicted octanol–water partition coefficient (Wildman–Crippen LogP) is 2.41. The normalized spacial score (nSPS) is 24.1. The fourth-order valence-corrected chi connectivity index (χ4v) is 2.10. The van der Waals surface area contributed by atoms with Gasteiger partial charge in [-0.15, -0.1) is 0 Å². The van der Waals surface area contributed by atoms with Crippen LogP contribution in [0.4, 0.5) is 8.78 Å². The van der Waals surface area contributed by atoms with E-state index in [0.29, 0.717) is 24.3 Å². The summed E-state index contributed by atoms with van der Waals surface area (Å²) in [5.41, 5.74) is 0.658. The Balaban J connectivity index is 2.27. The van der Waals surface area contributed by atoms with Gasteiger partial charge < -0.3 is 10.1 Å². The lowest BCUT2D eigenvalue weighted by Crippen LogP contribution is -2.44. The van der Waals surface area contributed by atoms with Gasteiger partial charge in [0.15, 0.2) is 0 Å². The summed E-state index contributed by atoms with van der Waals surface area (Å²) in [7, 11) is 1.54. The van der Waals surface area contributed by atoms with Crippen molar-refractivity contribution in [1.29, 1.82) is 0 Å². The van der Waals surface area contributed by atoms with Crippen molar-refractivity contribution in [3.05, 3.63) is 29.8 Å². The quantitative estimate of drug-likeness (QED) is 0.837. The molecule has 1 atom stereocenters. The number of methoxy groups -OCH3 is 1. The van der Waals surface area contributed by atoms with Crippen molar-refractivity contribution in [2.45, 2.75) is 18.3 Å². The van der Waals surface area contributed by atoms with E-state index in [2.05, 4.69) is 5.32 Å². The molecule has 4 heteroatoms. The van der Waals surface area contributed by atoms with Crippen LogP contribution in [0.1, 0.15) is 17.9 Å². The van der Waals surface area contributed by atoms with E-state index in [0.717, 1.165) is 0 Å². The minimum absolute atomic E-state index is 0.241. The molecule has 88 valence electrons. The van der Waals surface area contributed by atoms with Gasteiger partial charge in [0, 0.05) is 0 Å².